The first-order chi connectivity index (χ1) is 8.65. The van der Waals surface area contributed by atoms with Crippen LogP contribution in [-0.2, 0) is 0 Å². The van der Waals surface area contributed by atoms with Gasteiger partial charge in [0.25, 0.3) is 0 Å². The fourth-order valence-corrected chi connectivity index (χ4v) is 3.91. The number of fused-ring (bicyclic) bond motifs is 2. The first-order valence-corrected chi connectivity index (χ1v) is 7.77. The summed E-state index contributed by atoms with van der Waals surface area (Å²) in [7, 11) is 2.33. The van der Waals surface area contributed by atoms with Gasteiger partial charge in [0.1, 0.15) is 0 Å². The molecule has 2 rings (SSSR count). The van der Waals surface area contributed by atoms with Gasteiger partial charge in [-0.1, -0.05) is 26.0 Å². The van der Waals surface area contributed by atoms with E-state index in [1.807, 2.05) is 0 Å². The summed E-state index contributed by atoms with van der Waals surface area (Å²) in [6.45, 7) is 9.75. The quantitative estimate of drug-likeness (QED) is 0.728. The highest BCUT2D eigenvalue weighted by atomic mass is 15.2. The molecular weight excluding hydrogens is 220 g/mol. The molecule has 2 heterocycles. The van der Waals surface area contributed by atoms with Crippen molar-refractivity contribution < 1.29 is 0 Å². The van der Waals surface area contributed by atoms with E-state index in [2.05, 4.69) is 37.7 Å². The van der Waals surface area contributed by atoms with Crippen LogP contribution in [-0.4, -0.2) is 36.6 Å². The molecule has 2 bridgehead atoms. The van der Waals surface area contributed by atoms with Crippen molar-refractivity contribution in [2.24, 2.45) is 5.92 Å². The Kier molecular flexibility index (Phi) is 4.85. The van der Waals surface area contributed by atoms with Gasteiger partial charge in [-0.3, -0.25) is 0 Å². The third kappa shape index (κ3) is 2.97. The largest absolute Gasteiger partial charge is 0.314 e. The van der Waals surface area contributed by atoms with Crippen LogP contribution in [0.2, 0.25) is 0 Å². The molecule has 0 amide bonds. The van der Waals surface area contributed by atoms with Crippen LogP contribution in [0.4, 0.5) is 0 Å². The molecule has 0 saturated carbocycles. The van der Waals surface area contributed by atoms with Crippen LogP contribution in [0.3, 0.4) is 0 Å². The molecule has 0 radical (unpaired) electrons. The Bertz CT molecular complexity index is 273. The maximum Gasteiger partial charge on any atom is 0.0133 e. The second kappa shape index (κ2) is 6.21. The minimum Gasteiger partial charge on any atom is -0.314 e. The van der Waals surface area contributed by atoms with Crippen LogP contribution < -0.4 is 5.32 Å². The van der Waals surface area contributed by atoms with Crippen LogP contribution >= 0.6 is 0 Å². The van der Waals surface area contributed by atoms with Gasteiger partial charge in [0.05, 0.1) is 0 Å². The molecule has 2 heteroatoms. The van der Waals surface area contributed by atoms with Crippen molar-refractivity contribution in [3.05, 3.63) is 12.2 Å². The average Bonchev–Trinajstić information content (AvgIpc) is 2.60. The summed E-state index contributed by atoms with van der Waals surface area (Å²) in [6.07, 6.45) is 7.93. The first-order valence-electron chi connectivity index (χ1n) is 7.77. The summed E-state index contributed by atoms with van der Waals surface area (Å²) < 4.78 is 0. The standard InChI is InChI=1S/C16H30N2/c1-5-12(3)9-16(17-6-2)13-10-14-7-8-15(11-13)18(14)4/h13-17H,3,5-11H2,1-2,4H3. The molecule has 0 aliphatic carbocycles. The molecule has 0 aromatic heterocycles. The molecule has 0 spiro atoms. The molecule has 2 nitrogen and oxygen atoms in total. The van der Waals surface area contributed by atoms with Crippen molar-refractivity contribution in [1.82, 2.24) is 10.2 Å². The van der Waals surface area contributed by atoms with Crippen molar-refractivity contribution in [1.29, 1.82) is 0 Å². The summed E-state index contributed by atoms with van der Waals surface area (Å²) in [5.41, 5.74) is 1.41. The number of piperidine rings is 1. The monoisotopic (exact) mass is 250 g/mol. The van der Waals surface area contributed by atoms with Gasteiger partial charge in [-0.2, -0.15) is 0 Å². The molecule has 3 unspecified atom stereocenters. The normalized spacial score (nSPS) is 33.6. The lowest BCUT2D eigenvalue weighted by Crippen LogP contribution is -2.47. The lowest BCUT2D eigenvalue weighted by atomic mass is 9.82. The van der Waals surface area contributed by atoms with Crippen LogP contribution in [0.15, 0.2) is 12.2 Å². The minimum atomic E-state index is 0.666. The van der Waals surface area contributed by atoms with Gasteiger partial charge in [-0.05, 0) is 58.0 Å². The summed E-state index contributed by atoms with van der Waals surface area (Å²) in [5, 5.41) is 3.72. The van der Waals surface area contributed by atoms with Crippen molar-refractivity contribution in [3.63, 3.8) is 0 Å². The molecule has 0 aromatic rings. The lowest BCUT2D eigenvalue weighted by molar-refractivity contribution is 0.112. The van der Waals surface area contributed by atoms with E-state index in [4.69, 9.17) is 0 Å². The van der Waals surface area contributed by atoms with E-state index >= 15 is 0 Å². The van der Waals surface area contributed by atoms with Crippen LogP contribution in [0, 0.1) is 5.92 Å². The van der Waals surface area contributed by atoms with E-state index in [-0.39, 0.29) is 0 Å². The Morgan fingerprint density at radius 1 is 1.28 bits per heavy atom. The lowest BCUT2D eigenvalue weighted by Gasteiger charge is -2.40. The second-order valence-corrected chi connectivity index (χ2v) is 6.25. The van der Waals surface area contributed by atoms with Crippen LogP contribution in [0.25, 0.3) is 0 Å². The van der Waals surface area contributed by atoms with E-state index < -0.39 is 0 Å². The zero-order chi connectivity index (χ0) is 13.1. The van der Waals surface area contributed by atoms with E-state index in [0.717, 1.165) is 31.0 Å². The number of hydrogen-bond donors (Lipinski definition) is 1. The average molecular weight is 250 g/mol. The van der Waals surface area contributed by atoms with Crippen molar-refractivity contribution in [3.8, 4) is 0 Å². The Morgan fingerprint density at radius 2 is 1.89 bits per heavy atom. The van der Waals surface area contributed by atoms with Crippen molar-refractivity contribution in [2.75, 3.05) is 13.6 Å². The van der Waals surface area contributed by atoms with Crippen molar-refractivity contribution >= 4 is 0 Å². The number of nitrogens with one attached hydrogen (secondary N) is 1. The highest BCUT2D eigenvalue weighted by Gasteiger charge is 2.40. The van der Waals surface area contributed by atoms with Gasteiger partial charge in [-0.25, -0.2) is 0 Å². The van der Waals surface area contributed by atoms with Crippen LogP contribution in [0.5, 0.6) is 0 Å². The second-order valence-electron chi connectivity index (χ2n) is 6.25. The van der Waals surface area contributed by atoms with E-state index in [1.165, 1.54) is 37.7 Å². The van der Waals surface area contributed by atoms with Crippen molar-refractivity contribution in [2.45, 2.75) is 70.5 Å². The Hall–Kier alpha value is -0.340. The van der Waals surface area contributed by atoms with Gasteiger partial charge >= 0.3 is 0 Å². The maximum absolute atomic E-state index is 4.21. The maximum atomic E-state index is 4.21. The Morgan fingerprint density at radius 3 is 2.39 bits per heavy atom. The highest BCUT2D eigenvalue weighted by molar-refractivity contribution is 5.02. The SMILES string of the molecule is C=C(CC)CC(NCC)C1CC2CCC(C1)N2C. The molecule has 0 aromatic carbocycles. The van der Waals surface area contributed by atoms with Crippen LogP contribution in [0.1, 0.15) is 52.4 Å². The highest BCUT2D eigenvalue weighted by Crippen LogP contribution is 2.39. The Labute approximate surface area is 113 Å². The fourth-order valence-electron chi connectivity index (χ4n) is 3.91. The summed E-state index contributed by atoms with van der Waals surface area (Å²) in [4.78, 5) is 2.63. The summed E-state index contributed by atoms with van der Waals surface area (Å²) >= 11 is 0. The minimum absolute atomic E-state index is 0.666. The van der Waals surface area contributed by atoms with E-state index in [9.17, 15) is 0 Å². The molecule has 3 atom stereocenters. The van der Waals surface area contributed by atoms with Gasteiger partial charge in [0.15, 0.2) is 0 Å². The predicted octanol–water partition coefficient (Wildman–Crippen LogP) is 3.19. The molecule has 1 N–H and O–H groups in total. The molecule has 104 valence electrons. The zero-order valence-corrected chi connectivity index (χ0v) is 12.4. The molecule has 2 fully saturated rings. The number of hydrogen-bond acceptors (Lipinski definition) is 2. The molecule has 2 saturated heterocycles. The van der Waals surface area contributed by atoms with Gasteiger partial charge in [-0.15, -0.1) is 0 Å². The molecular formula is C16H30N2. The summed E-state index contributed by atoms with van der Waals surface area (Å²) in [5.74, 6) is 0.863. The Balaban J connectivity index is 1.96. The van der Waals surface area contributed by atoms with E-state index in [1.54, 1.807) is 0 Å². The van der Waals surface area contributed by atoms with Gasteiger partial charge < -0.3 is 10.2 Å². The molecule has 2 aliphatic rings. The third-order valence-electron chi connectivity index (χ3n) is 5.18. The zero-order valence-electron chi connectivity index (χ0n) is 12.4. The number of rotatable bonds is 6. The van der Waals surface area contributed by atoms with Gasteiger partial charge in [0.2, 0.25) is 0 Å². The summed E-state index contributed by atoms with van der Waals surface area (Å²) in [6, 6.07) is 2.37. The predicted molar refractivity (Wildman–Crippen MR) is 78.8 cm³/mol. The first kappa shape index (κ1) is 14.1. The van der Waals surface area contributed by atoms with Gasteiger partial charge in [0, 0.05) is 18.1 Å². The molecule has 18 heavy (non-hydrogen) atoms. The topological polar surface area (TPSA) is 15.3 Å². The number of nitrogens with zero attached hydrogens (tertiary/aromatic N) is 1. The molecule has 2 aliphatic heterocycles. The fraction of sp³-hybridized carbons (Fsp3) is 0.875. The van der Waals surface area contributed by atoms with E-state index in [0.29, 0.717) is 6.04 Å². The smallest absolute Gasteiger partial charge is 0.0133 e. The third-order valence-corrected chi connectivity index (χ3v) is 5.18.